The number of imidazole rings is 1. The molecule has 2 aromatic heterocycles. The molecule has 0 aliphatic carbocycles. The highest BCUT2D eigenvalue weighted by Crippen LogP contribution is 2.13. The van der Waals surface area contributed by atoms with Gasteiger partial charge in [-0.2, -0.15) is 4.98 Å². The van der Waals surface area contributed by atoms with Gasteiger partial charge in [0.25, 0.3) is 6.47 Å². The number of aryl methyl sites for hydroxylation is 1. The molecule has 0 bridgehead atoms. The Balaban J connectivity index is 0.000000545. The Morgan fingerprint density at radius 1 is 1.45 bits per heavy atom. The van der Waals surface area contributed by atoms with E-state index in [-0.39, 0.29) is 18.4 Å². The van der Waals surface area contributed by atoms with Crippen molar-refractivity contribution in [1.82, 2.24) is 24.8 Å². The predicted octanol–water partition coefficient (Wildman–Crippen LogP) is 0.145. The fraction of sp³-hybridized carbons (Fsp3) is 0.462. The summed E-state index contributed by atoms with van der Waals surface area (Å²) in [5.74, 6) is 0.468. The van der Waals surface area contributed by atoms with Gasteiger partial charge in [-0.25, -0.2) is 9.97 Å². The number of hydrogen-bond donors (Lipinski definition) is 3. The molecule has 9 nitrogen and oxygen atoms in total. The van der Waals surface area contributed by atoms with Crippen molar-refractivity contribution >= 4 is 29.5 Å². The Bertz CT molecular complexity index is 656. The fourth-order valence-electron chi connectivity index (χ4n) is 2.22. The minimum atomic E-state index is -0.260. The summed E-state index contributed by atoms with van der Waals surface area (Å²) < 4.78 is 1.86. The lowest BCUT2D eigenvalue weighted by molar-refractivity contribution is -0.123. The van der Waals surface area contributed by atoms with Crippen molar-refractivity contribution in [2.45, 2.75) is 25.3 Å². The van der Waals surface area contributed by atoms with Crippen LogP contribution in [0.5, 0.6) is 0 Å². The molecule has 3 N–H and O–H groups in total. The van der Waals surface area contributed by atoms with Crippen LogP contribution >= 0.6 is 0 Å². The van der Waals surface area contributed by atoms with Crippen molar-refractivity contribution in [3.05, 3.63) is 12.5 Å². The van der Waals surface area contributed by atoms with Crippen molar-refractivity contribution in [2.24, 2.45) is 7.05 Å². The van der Waals surface area contributed by atoms with E-state index in [9.17, 15) is 4.79 Å². The number of carboxylic acid groups (broad SMARTS) is 1. The minimum Gasteiger partial charge on any atom is -0.483 e. The van der Waals surface area contributed by atoms with E-state index in [1.54, 1.807) is 12.5 Å². The Kier molecular flexibility index (Phi) is 5.23. The van der Waals surface area contributed by atoms with Crippen LogP contribution < -0.4 is 10.6 Å². The Morgan fingerprint density at radius 3 is 3.00 bits per heavy atom. The highest BCUT2D eigenvalue weighted by molar-refractivity contribution is 5.84. The first kappa shape index (κ1) is 15.7. The quantitative estimate of drug-likeness (QED) is 0.675. The van der Waals surface area contributed by atoms with Gasteiger partial charge in [0.2, 0.25) is 11.9 Å². The van der Waals surface area contributed by atoms with E-state index in [0.717, 1.165) is 31.3 Å². The average Bonchev–Trinajstić information content (AvgIpc) is 2.74. The first-order valence-electron chi connectivity index (χ1n) is 6.92. The Morgan fingerprint density at radius 2 is 2.23 bits per heavy atom. The van der Waals surface area contributed by atoms with Gasteiger partial charge in [0, 0.05) is 13.6 Å². The monoisotopic (exact) mass is 306 g/mol. The number of nitrogens with one attached hydrogen (secondary N) is 2. The second-order valence-corrected chi connectivity index (χ2v) is 4.85. The van der Waals surface area contributed by atoms with Gasteiger partial charge in [0.15, 0.2) is 5.65 Å². The largest absolute Gasteiger partial charge is 0.483 e. The number of nitrogens with zero attached hydrogens (tertiary/aromatic N) is 4. The van der Waals surface area contributed by atoms with Gasteiger partial charge in [-0.1, -0.05) is 0 Å². The van der Waals surface area contributed by atoms with Gasteiger partial charge in [0.05, 0.1) is 12.5 Å². The van der Waals surface area contributed by atoms with Crippen LogP contribution in [0.1, 0.15) is 19.3 Å². The van der Waals surface area contributed by atoms with Gasteiger partial charge in [-0.15, -0.1) is 0 Å². The molecule has 9 heteroatoms. The molecule has 1 atom stereocenters. The van der Waals surface area contributed by atoms with Crippen LogP contribution in [0.4, 0.5) is 5.95 Å². The second-order valence-electron chi connectivity index (χ2n) is 4.85. The fourth-order valence-corrected chi connectivity index (χ4v) is 2.22. The van der Waals surface area contributed by atoms with Crippen LogP contribution in [0.3, 0.4) is 0 Å². The first-order valence-corrected chi connectivity index (χ1v) is 6.92. The zero-order chi connectivity index (χ0) is 15.9. The summed E-state index contributed by atoms with van der Waals surface area (Å²) in [5.41, 5.74) is 1.50. The maximum atomic E-state index is 11.8. The Labute approximate surface area is 126 Å². The topological polar surface area (TPSA) is 122 Å². The molecule has 0 spiro atoms. The van der Waals surface area contributed by atoms with Gasteiger partial charge < -0.3 is 20.3 Å². The van der Waals surface area contributed by atoms with E-state index in [1.165, 1.54) is 0 Å². The molecule has 1 fully saturated rings. The number of carbonyl (C=O) groups is 2. The number of amides is 1. The number of fused-ring (bicyclic) bond motifs is 1. The maximum absolute atomic E-state index is 11.8. The normalized spacial score (nSPS) is 17.9. The third-order valence-electron chi connectivity index (χ3n) is 3.32. The van der Waals surface area contributed by atoms with Crippen LogP contribution in [0, 0.1) is 0 Å². The third kappa shape index (κ3) is 3.68. The van der Waals surface area contributed by atoms with E-state index < -0.39 is 0 Å². The number of carbonyl (C=O) groups excluding carboxylic acids is 1. The van der Waals surface area contributed by atoms with E-state index in [4.69, 9.17) is 9.90 Å². The molecule has 3 rings (SSSR count). The lowest BCUT2D eigenvalue weighted by Crippen LogP contribution is -2.38. The lowest BCUT2D eigenvalue weighted by Gasteiger charge is -2.14. The molecule has 1 amide bonds. The SMILES string of the molecule is Cn1cnc2nc(NC3CCCCNC3=O)ncc21.O=CO. The number of aromatic nitrogens is 4. The molecule has 1 saturated heterocycles. The summed E-state index contributed by atoms with van der Waals surface area (Å²) in [7, 11) is 1.89. The third-order valence-corrected chi connectivity index (χ3v) is 3.32. The zero-order valence-electron chi connectivity index (χ0n) is 12.2. The predicted molar refractivity (Wildman–Crippen MR) is 79.3 cm³/mol. The summed E-state index contributed by atoms with van der Waals surface area (Å²) in [5, 5.41) is 12.9. The average molecular weight is 306 g/mol. The van der Waals surface area contributed by atoms with Crippen molar-refractivity contribution in [3.63, 3.8) is 0 Å². The highest BCUT2D eigenvalue weighted by atomic mass is 16.3. The van der Waals surface area contributed by atoms with E-state index in [2.05, 4.69) is 25.6 Å². The van der Waals surface area contributed by atoms with Crippen molar-refractivity contribution in [3.8, 4) is 0 Å². The molecular weight excluding hydrogens is 288 g/mol. The molecular formula is C13H18N6O3. The van der Waals surface area contributed by atoms with Crippen molar-refractivity contribution in [2.75, 3.05) is 11.9 Å². The van der Waals surface area contributed by atoms with Crippen LogP contribution in [-0.4, -0.2) is 49.6 Å². The molecule has 1 aliphatic heterocycles. The Hall–Kier alpha value is -2.71. The summed E-state index contributed by atoms with van der Waals surface area (Å²) in [4.78, 5) is 32.9. The van der Waals surface area contributed by atoms with Crippen molar-refractivity contribution < 1.29 is 14.7 Å². The van der Waals surface area contributed by atoms with Crippen LogP contribution in [0.15, 0.2) is 12.5 Å². The summed E-state index contributed by atoms with van der Waals surface area (Å²) >= 11 is 0. The van der Waals surface area contributed by atoms with Gasteiger partial charge in [-0.3, -0.25) is 9.59 Å². The van der Waals surface area contributed by atoms with Crippen molar-refractivity contribution in [1.29, 1.82) is 0 Å². The number of hydrogen-bond acceptors (Lipinski definition) is 6. The molecule has 2 aromatic rings. The van der Waals surface area contributed by atoms with Crippen LogP contribution in [0.2, 0.25) is 0 Å². The molecule has 1 unspecified atom stereocenters. The smallest absolute Gasteiger partial charge is 0.290 e. The van der Waals surface area contributed by atoms with E-state index in [0.29, 0.717) is 11.6 Å². The van der Waals surface area contributed by atoms with E-state index >= 15 is 0 Å². The molecule has 3 heterocycles. The maximum Gasteiger partial charge on any atom is 0.290 e. The number of anilines is 1. The molecule has 0 radical (unpaired) electrons. The minimum absolute atomic E-state index is 0.0159. The highest BCUT2D eigenvalue weighted by Gasteiger charge is 2.21. The van der Waals surface area contributed by atoms with Crippen LogP contribution in [0.25, 0.3) is 11.2 Å². The number of rotatable bonds is 2. The molecule has 0 saturated carbocycles. The van der Waals surface area contributed by atoms with Gasteiger partial charge >= 0.3 is 0 Å². The molecule has 118 valence electrons. The summed E-state index contributed by atoms with van der Waals surface area (Å²) in [6, 6.07) is -0.260. The molecule has 0 aromatic carbocycles. The van der Waals surface area contributed by atoms with Crippen LogP contribution in [-0.2, 0) is 16.6 Å². The first-order chi connectivity index (χ1) is 10.7. The second kappa shape index (κ2) is 7.34. The summed E-state index contributed by atoms with van der Waals surface area (Å²) in [6.07, 6.45) is 6.25. The molecule has 22 heavy (non-hydrogen) atoms. The lowest BCUT2D eigenvalue weighted by atomic mass is 10.1. The molecule has 1 aliphatic rings. The summed E-state index contributed by atoms with van der Waals surface area (Å²) in [6.45, 7) is 0.497. The zero-order valence-corrected chi connectivity index (χ0v) is 12.2. The van der Waals surface area contributed by atoms with Gasteiger partial charge in [0.1, 0.15) is 11.6 Å². The van der Waals surface area contributed by atoms with Gasteiger partial charge in [-0.05, 0) is 19.3 Å². The standard InChI is InChI=1S/C12H16N6O.CH2O2/c1-18-7-15-10-9(18)6-14-12(17-10)16-8-4-2-3-5-13-11(8)19;2-1-3/h6-8H,2-5H2,1H3,(H,13,19)(H,14,16,17);1H,(H,2,3). The van der Waals surface area contributed by atoms with E-state index in [1.807, 2.05) is 11.6 Å².